The highest BCUT2D eigenvalue weighted by atomic mass is 35.5. The third-order valence-electron chi connectivity index (χ3n) is 2.58. The molecule has 0 saturated carbocycles. The van der Waals surface area contributed by atoms with Gasteiger partial charge < -0.3 is 4.74 Å². The third-order valence-corrected chi connectivity index (χ3v) is 2.82. The Morgan fingerprint density at radius 2 is 2.05 bits per heavy atom. The second kappa shape index (κ2) is 6.87. The Hall–Kier alpha value is -1.66. The summed E-state index contributed by atoms with van der Waals surface area (Å²) in [6.45, 7) is 4.71. The second-order valence-electron chi connectivity index (χ2n) is 3.99. The number of benzene rings is 1. The van der Waals surface area contributed by atoms with E-state index < -0.39 is 35.0 Å². The average molecular weight is 321 g/mol. The van der Waals surface area contributed by atoms with Crippen LogP contribution in [-0.2, 0) is 15.7 Å². The number of hydrogen-bond donors (Lipinski definition) is 0. The minimum atomic E-state index is -4.77. The first-order valence-corrected chi connectivity index (χ1v) is 6.29. The SMILES string of the molecule is C=CC(=O)C(OCC)C(=O)c1ccc(Cl)cc1C(F)(F)F. The van der Waals surface area contributed by atoms with Crippen LogP contribution in [0.1, 0.15) is 22.8 Å². The molecule has 7 heteroatoms. The molecule has 3 nitrogen and oxygen atoms in total. The Morgan fingerprint density at radius 1 is 1.43 bits per heavy atom. The van der Waals surface area contributed by atoms with Crippen molar-refractivity contribution in [1.29, 1.82) is 0 Å². The highest BCUT2D eigenvalue weighted by molar-refractivity contribution is 6.31. The van der Waals surface area contributed by atoms with E-state index >= 15 is 0 Å². The van der Waals surface area contributed by atoms with Gasteiger partial charge in [0.25, 0.3) is 0 Å². The third kappa shape index (κ3) is 4.15. The fourth-order valence-electron chi connectivity index (χ4n) is 1.67. The van der Waals surface area contributed by atoms with E-state index in [-0.39, 0.29) is 11.6 Å². The molecular formula is C14H12ClF3O3. The molecule has 0 bridgehead atoms. The summed E-state index contributed by atoms with van der Waals surface area (Å²) in [6.07, 6.45) is -5.58. The number of carbonyl (C=O) groups excluding carboxylic acids is 2. The number of alkyl halides is 3. The van der Waals surface area contributed by atoms with Crippen LogP contribution >= 0.6 is 11.6 Å². The quantitative estimate of drug-likeness (QED) is 0.456. The van der Waals surface area contributed by atoms with Gasteiger partial charge in [0.2, 0.25) is 0 Å². The van der Waals surface area contributed by atoms with E-state index in [2.05, 4.69) is 6.58 Å². The van der Waals surface area contributed by atoms with Crippen LogP contribution in [0.15, 0.2) is 30.9 Å². The van der Waals surface area contributed by atoms with Crippen molar-refractivity contribution >= 4 is 23.2 Å². The first-order chi connectivity index (χ1) is 9.72. The van der Waals surface area contributed by atoms with Crippen molar-refractivity contribution in [3.8, 4) is 0 Å². The summed E-state index contributed by atoms with van der Waals surface area (Å²) in [6, 6.07) is 2.71. The molecule has 1 aromatic carbocycles. The van der Waals surface area contributed by atoms with Gasteiger partial charge in [0, 0.05) is 17.2 Å². The molecule has 0 aliphatic heterocycles. The fourth-order valence-corrected chi connectivity index (χ4v) is 1.84. The van der Waals surface area contributed by atoms with Crippen molar-refractivity contribution < 1.29 is 27.5 Å². The smallest absolute Gasteiger partial charge is 0.362 e. The number of halogens is 4. The van der Waals surface area contributed by atoms with Crippen LogP contribution in [-0.4, -0.2) is 24.3 Å². The highest BCUT2D eigenvalue weighted by Crippen LogP contribution is 2.34. The molecule has 1 rings (SSSR count). The molecule has 114 valence electrons. The normalized spacial score (nSPS) is 12.8. The van der Waals surface area contributed by atoms with Gasteiger partial charge in [0.05, 0.1) is 5.56 Å². The summed E-state index contributed by atoms with van der Waals surface area (Å²) in [7, 11) is 0. The minimum Gasteiger partial charge on any atom is -0.362 e. The number of ether oxygens (including phenoxy) is 1. The molecule has 0 aliphatic carbocycles. The molecule has 0 aromatic heterocycles. The molecular weight excluding hydrogens is 309 g/mol. The lowest BCUT2D eigenvalue weighted by Gasteiger charge is -2.17. The van der Waals surface area contributed by atoms with E-state index in [1.165, 1.54) is 6.92 Å². The Balaban J connectivity index is 3.34. The van der Waals surface area contributed by atoms with Gasteiger partial charge in [-0.3, -0.25) is 9.59 Å². The standard InChI is InChI=1S/C14H12ClF3O3/c1-3-11(19)13(21-4-2)12(20)9-6-5-8(15)7-10(9)14(16,17)18/h3,5-7,13H,1,4H2,2H3. The maximum absolute atomic E-state index is 13.0. The van der Waals surface area contributed by atoms with Crippen LogP contribution in [0.5, 0.6) is 0 Å². The van der Waals surface area contributed by atoms with Gasteiger partial charge in [0.1, 0.15) is 0 Å². The van der Waals surface area contributed by atoms with Gasteiger partial charge >= 0.3 is 6.18 Å². The minimum absolute atomic E-state index is 0.00900. The summed E-state index contributed by atoms with van der Waals surface area (Å²) < 4.78 is 43.8. The summed E-state index contributed by atoms with van der Waals surface area (Å²) in [4.78, 5) is 23.8. The van der Waals surface area contributed by atoms with Gasteiger partial charge in [-0.05, 0) is 31.2 Å². The maximum Gasteiger partial charge on any atom is 0.417 e. The fraction of sp³-hybridized carbons (Fsp3) is 0.286. The van der Waals surface area contributed by atoms with E-state index in [0.29, 0.717) is 6.07 Å². The maximum atomic E-state index is 13.0. The second-order valence-corrected chi connectivity index (χ2v) is 4.43. The summed E-state index contributed by atoms with van der Waals surface area (Å²) in [5, 5.41) is -0.165. The summed E-state index contributed by atoms with van der Waals surface area (Å²) in [5.74, 6) is -1.88. The van der Waals surface area contributed by atoms with Crippen molar-refractivity contribution in [1.82, 2.24) is 0 Å². The van der Waals surface area contributed by atoms with Crippen molar-refractivity contribution in [3.05, 3.63) is 47.0 Å². The van der Waals surface area contributed by atoms with Crippen molar-refractivity contribution in [2.75, 3.05) is 6.61 Å². The number of hydrogen-bond acceptors (Lipinski definition) is 3. The van der Waals surface area contributed by atoms with Crippen LogP contribution in [0.25, 0.3) is 0 Å². The number of Topliss-reactive ketones (excluding diaryl/α,β-unsaturated/α-hetero) is 1. The molecule has 1 atom stereocenters. The van der Waals surface area contributed by atoms with Gasteiger partial charge in [0.15, 0.2) is 17.7 Å². The van der Waals surface area contributed by atoms with Gasteiger partial charge in [-0.2, -0.15) is 13.2 Å². The monoisotopic (exact) mass is 320 g/mol. The molecule has 1 unspecified atom stereocenters. The zero-order valence-electron chi connectivity index (χ0n) is 11.0. The predicted molar refractivity (Wildman–Crippen MR) is 71.4 cm³/mol. The molecule has 0 saturated heterocycles. The van der Waals surface area contributed by atoms with Crippen LogP contribution in [0.4, 0.5) is 13.2 Å². The molecule has 0 spiro atoms. The highest BCUT2D eigenvalue weighted by Gasteiger charge is 2.38. The van der Waals surface area contributed by atoms with Crippen molar-refractivity contribution in [2.45, 2.75) is 19.2 Å². The van der Waals surface area contributed by atoms with E-state index in [0.717, 1.165) is 18.2 Å². The summed E-state index contributed by atoms with van der Waals surface area (Å²) >= 11 is 5.53. The first kappa shape index (κ1) is 17.4. The average Bonchev–Trinajstić information content (AvgIpc) is 2.42. The van der Waals surface area contributed by atoms with Crippen LogP contribution in [0.3, 0.4) is 0 Å². The molecule has 0 radical (unpaired) electrons. The molecule has 0 amide bonds. The number of rotatable bonds is 6. The van der Waals surface area contributed by atoms with E-state index in [9.17, 15) is 22.8 Å². The topological polar surface area (TPSA) is 43.4 Å². The van der Waals surface area contributed by atoms with E-state index in [1.54, 1.807) is 0 Å². The number of carbonyl (C=O) groups is 2. The van der Waals surface area contributed by atoms with Crippen molar-refractivity contribution in [2.24, 2.45) is 0 Å². The van der Waals surface area contributed by atoms with Crippen LogP contribution < -0.4 is 0 Å². The molecule has 0 heterocycles. The lowest BCUT2D eigenvalue weighted by Crippen LogP contribution is -2.33. The van der Waals surface area contributed by atoms with Gasteiger partial charge in [-0.25, -0.2) is 0 Å². The lowest BCUT2D eigenvalue weighted by atomic mass is 9.97. The van der Waals surface area contributed by atoms with Crippen LogP contribution in [0, 0.1) is 0 Å². The summed E-state index contributed by atoms with van der Waals surface area (Å²) in [5.41, 5.74) is -1.87. The molecule has 0 fully saturated rings. The Kier molecular flexibility index (Phi) is 5.69. The molecule has 0 N–H and O–H groups in total. The van der Waals surface area contributed by atoms with E-state index in [4.69, 9.17) is 16.3 Å². The lowest BCUT2D eigenvalue weighted by molar-refractivity contribution is -0.138. The molecule has 21 heavy (non-hydrogen) atoms. The predicted octanol–water partition coefficient (Wildman–Crippen LogP) is 3.70. The zero-order valence-corrected chi connectivity index (χ0v) is 11.8. The van der Waals surface area contributed by atoms with Crippen LogP contribution in [0.2, 0.25) is 5.02 Å². The first-order valence-electron chi connectivity index (χ1n) is 5.91. The Labute approximate surface area is 124 Å². The molecule has 1 aromatic rings. The number of ketones is 2. The largest absolute Gasteiger partial charge is 0.417 e. The van der Waals surface area contributed by atoms with E-state index in [1.807, 2.05) is 0 Å². The van der Waals surface area contributed by atoms with Crippen molar-refractivity contribution in [3.63, 3.8) is 0 Å². The Bertz CT molecular complexity index is 567. The zero-order chi connectivity index (χ0) is 16.2. The van der Waals surface area contributed by atoms with Gasteiger partial charge in [-0.15, -0.1) is 0 Å². The molecule has 0 aliphatic rings. The Morgan fingerprint density at radius 3 is 2.52 bits per heavy atom. The van der Waals surface area contributed by atoms with Gasteiger partial charge in [-0.1, -0.05) is 18.2 Å².